The number of aromatic nitrogens is 3. The number of amides is 1. The van der Waals surface area contributed by atoms with Crippen LogP contribution in [0, 0.1) is 19.7 Å². The van der Waals surface area contributed by atoms with Gasteiger partial charge >= 0.3 is 0 Å². The van der Waals surface area contributed by atoms with Gasteiger partial charge in [0, 0.05) is 18.0 Å². The Labute approximate surface area is 143 Å². The summed E-state index contributed by atoms with van der Waals surface area (Å²) < 4.78 is 15.3. The second-order valence-electron chi connectivity index (χ2n) is 5.48. The van der Waals surface area contributed by atoms with Crippen LogP contribution in [0.15, 0.2) is 53.5 Å². The van der Waals surface area contributed by atoms with Crippen molar-refractivity contribution in [3.8, 4) is 5.69 Å². The molecule has 0 unspecified atom stereocenters. The van der Waals surface area contributed by atoms with Crippen molar-refractivity contribution in [3.63, 3.8) is 0 Å². The predicted molar refractivity (Wildman–Crippen MR) is 91.5 cm³/mol. The molecule has 7 heteroatoms. The van der Waals surface area contributed by atoms with E-state index in [0.29, 0.717) is 11.5 Å². The lowest BCUT2D eigenvalue weighted by Crippen LogP contribution is -2.27. The second kappa shape index (κ2) is 6.64. The van der Waals surface area contributed by atoms with Crippen molar-refractivity contribution in [1.82, 2.24) is 14.8 Å². The van der Waals surface area contributed by atoms with Crippen LogP contribution in [-0.4, -0.2) is 20.7 Å². The van der Waals surface area contributed by atoms with Gasteiger partial charge in [-0.2, -0.15) is 5.10 Å². The Morgan fingerprint density at radius 1 is 1.16 bits per heavy atom. The average molecular weight is 338 g/mol. The molecular weight excluding hydrogens is 323 g/mol. The van der Waals surface area contributed by atoms with E-state index in [1.165, 1.54) is 29.1 Å². The summed E-state index contributed by atoms with van der Waals surface area (Å²) in [5, 5.41) is 6.61. The number of nitrogens with zero attached hydrogens (tertiary/aromatic N) is 3. The highest BCUT2D eigenvalue weighted by Crippen LogP contribution is 2.14. The van der Waals surface area contributed by atoms with E-state index in [0.717, 1.165) is 5.56 Å². The Balaban J connectivity index is 2.04. The van der Waals surface area contributed by atoms with E-state index < -0.39 is 17.2 Å². The summed E-state index contributed by atoms with van der Waals surface area (Å²) in [5.41, 5.74) is 0.441. The van der Waals surface area contributed by atoms with Crippen LogP contribution >= 0.6 is 0 Å². The third-order valence-electron chi connectivity index (χ3n) is 3.64. The van der Waals surface area contributed by atoms with Crippen molar-refractivity contribution < 1.29 is 9.18 Å². The fourth-order valence-electron chi connectivity index (χ4n) is 2.36. The molecule has 25 heavy (non-hydrogen) atoms. The number of benzene rings is 1. The summed E-state index contributed by atoms with van der Waals surface area (Å²) in [6.07, 6.45) is 1.53. The minimum absolute atomic E-state index is 0.156. The maximum absolute atomic E-state index is 14.0. The first kappa shape index (κ1) is 16.5. The summed E-state index contributed by atoms with van der Waals surface area (Å²) in [7, 11) is 0. The van der Waals surface area contributed by atoms with Crippen molar-refractivity contribution >= 4 is 11.7 Å². The molecule has 3 rings (SSSR count). The molecule has 6 nitrogen and oxygen atoms in total. The van der Waals surface area contributed by atoms with E-state index in [1.54, 1.807) is 38.1 Å². The monoisotopic (exact) mass is 338 g/mol. The maximum atomic E-state index is 14.0. The number of halogens is 1. The fraction of sp³-hybridized carbons (Fsp3) is 0.111. The molecule has 1 aromatic carbocycles. The van der Waals surface area contributed by atoms with Gasteiger partial charge in [-0.15, -0.1) is 0 Å². The smallest absolute Gasteiger partial charge is 0.281 e. The van der Waals surface area contributed by atoms with Crippen LogP contribution in [0.1, 0.15) is 21.7 Å². The lowest BCUT2D eigenvalue weighted by Gasteiger charge is -2.12. The number of hydrogen-bond donors (Lipinski definition) is 1. The molecule has 0 atom stereocenters. The topological polar surface area (TPSA) is 76.9 Å². The van der Waals surface area contributed by atoms with Crippen LogP contribution < -0.4 is 10.7 Å². The highest BCUT2D eigenvalue weighted by molar-refractivity contribution is 6.02. The standard InChI is InChI=1S/C18H15FN4O2/c1-11-6-5-9-20-17(11)21-18(25)16-15(24)10-12(2)23(22-16)14-8-4-3-7-13(14)19/h3-10H,1-2H3,(H,20,21,25). The fourth-order valence-corrected chi connectivity index (χ4v) is 2.36. The Bertz CT molecular complexity index is 1010. The van der Waals surface area contributed by atoms with Crippen LogP contribution in [0.4, 0.5) is 10.2 Å². The molecule has 0 radical (unpaired) electrons. The SMILES string of the molecule is Cc1cccnc1NC(=O)c1nn(-c2ccccc2F)c(C)cc1=O. The molecule has 3 aromatic rings. The lowest BCUT2D eigenvalue weighted by atomic mass is 10.2. The summed E-state index contributed by atoms with van der Waals surface area (Å²) >= 11 is 0. The summed E-state index contributed by atoms with van der Waals surface area (Å²) in [4.78, 5) is 28.7. The highest BCUT2D eigenvalue weighted by Gasteiger charge is 2.17. The zero-order valence-electron chi connectivity index (χ0n) is 13.7. The summed E-state index contributed by atoms with van der Waals surface area (Å²) in [6.45, 7) is 3.40. The van der Waals surface area contributed by atoms with Crippen molar-refractivity contribution in [3.05, 3.63) is 81.7 Å². The minimum atomic E-state index is -0.697. The Hall–Kier alpha value is -3.35. The van der Waals surface area contributed by atoms with Crippen molar-refractivity contribution in [1.29, 1.82) is 0 Å². The molecule has 0 saturated carbocycles. The molecule has 0 aliphatic heterocycles. The van der Waals surface area contributed by atoms with Crippen LogP contribution in [0.3, 0.4) is 0 Å². The van der Waals surface area contributed by atoms with Gasteiger partial charge in [-0.3, -0.25) is 9.59 Å². The summed E-state index contributed by atoms with van der Waals surface area (Å²) in [6, 6.07) is 10.8. The minimum Gasteiger partial charge on any atom is -0.305 e. The maximum Gasteiger partial charge on any atom is 0.281 e. The molecule has 0 aliphatic carbocycles. The second-order valence-corrected chi connectivity index (χ2v) is 5.48. The van der Waals surface area contributed by atoms with Gasteiger partial charge < -0.3 is 5.32 Å². The van der Waals surface area contributed by atoms with E-state index in [9.17, 15) is 14.0 Å². The van der Waals surface area contributed by atoms with Crippen LogP contribution in [0.25, 0.3) is 5.69 Å². The molecule has 0 saturated heterocycles. The van der Waals surface area contributed by atoms with Crippen molar-refractivity contribution in [2.45, 2.75) is 13.8 Å². The van der Waals surface area contributed by atoms with Gasteiger partial charge in [0.2, 0.25) is 5.43 Å². The van der Waals surface area contributed by atoms with Crippen LogP contribution in [0.2, 0.25) is 0 Å². The van der Waals surface area contributed by atoms with Crippen LogP contribution in [-0.2, 0) is 0 Å². The number of nitrogens with one attached hydrogen (secondary N) is 1. The van der Waals surface area contributed by atoms with E-state index in [1.807, 2.05) is 0 Å². The molecule has 126 valence electrons. The summed E-state index contributed by atoms with van der Waals surface area (Å²) in [5.74, 6) is -0.864. The van der Waals surface area contributed by atoms with Crippen molar-refractivity contribution in [2.24, 2.45) is 0 Å². The molecule has 0 fully saturated rings. The van der Waals surface area contributed by atoms with E-state index in [-0.39, 0.29) is 11.4 Å². The number of carbonyl (C=O) groups excluding carboxylic acids is 1. The Morgan fingerprint density at radius 3 is 2.64 bits per heavy atom. The van der Waals surface area contributed by atoms with Gasteiger partial charge in [0.05, 0.1) is 0 Å². The van der Waals surface area contributed by atoms with Gasteiger partial charge in [-0.25, -0.2) is 14.1 Å². The van der Waals surface area contributed by atoms with Gasteiger partial charge in [0.15, 0.2) is 5.69 Å². The molecule has 2 aromatic heterocycles. The van der Waals surface area contributed by atoms with E-state index >= 15 is 0 Å². The number of rotatable bonds is 3. The van der Waals surface area contributed by atoms with Crippen LogP contribution in [0.5, 0.6) is 0 Å². The normalized spacial score (nSPS) is 10.5. The van der Waals surface area contributed by atoms with Gasteiger partial charge in [-0.05, 0) is 37.6 Å². The van der Waals surface area contributed by atoms with Gasteiger partial charge in [0.1, 0.15) is 17.3 Å². The number of pyridine rings is 1. The van der Waals surface area contributed by atoms with Crippen molar-refractivity contribution in [2.75, 3.05) is 5.32 Å². The first-order valence-electron chi connectivity index (χ1n) is 7.56. The quantitative estimate of drug-likeness (QED) is 0.796. The number of carbonyl (C=O) groups is 1. The largest absolute Gasteiger partial charge is 0.305 e. The Kier molecular flexibility index (Phi) is 4.38. The van der Waals surface area contributed by atoms with E-state index in [2.05, 4.69) is 15.4 Å². The zero-order valence-corrected chi connectivity index (χ0v) is 13.7. The van der Waals surface area contributed by atoms with E-state index in [4.69, 9.17) is 0 Å². The molecule has 1 amide bonds. The molecule has 2 heterocycles. The molecule has 0 aliphatic rings. The third kappa shape index (κ3) is 3.30. The first-order chi connectivity index (χ1) is 12.0. The highest BCUT2D eigenvalue weighted by atomic mass is 19.1. The molecule has 0 spiro atoms. The number of anilines is 1. The Morgan fingerprint density at radius 2 is 1.92 bits per heavy atom. The zero-order chi connectivity index (χ0) is 18.0. The number of para-hydroxylation sites is 1. The predicted octanol–water partition coefficient (Wildman–Crippen LogP) is 2.64. The molecular formula is C18H15FN4O2. The number of hydrogen-bond acceptors (Lipinski definition) is 4. The first-order valence-corrected chi connectivity index (χ1v) is 7.56. The van der Waals surface area contributed by atoms with Gasteiger partial charge in [0.25, 0.3) is 5.91 Å². The van der Waals surface area contributed by atoms with Gasteiger partial charge in [-0.1, -0.05) is 18.2 Å². The average Bonchev–Trinajstić information content (AvgIpc) is 2.58. The lowest BCUT2D eigenvalue weighted by molar-refractivity contribution is 0.101. The molecule has 0 bridgehead atoms. The molecule has 1 N–H and O–H groups in total. The third-order valence-corrected chi connectivity index (χ3v) is 3.64. The number of aryl methyl sites for hydroxylation is 2.